The van der Waals surface area contributed by atoms with Crippen molar-refractivity contribution in [2.24, 2.45) is 0 Å². The smallest absolute Gasteiger partial charge is 0.244 e. The van der Waals surface area contributed by atoms with Gasteiger partial charge >= 0.3 is 0 Å². The Labute approximate surface area is 121 Å². The number of rotatable bonds is 2. The van der Waals surface area contributed by atoms with Crippen LogP contribution < -0.4 is 5.32 Å². The molecule has 0 bridgehead atoms. The van der Waals surface area contributed by atoms with Crippen LogP contribution in [-0.4, -0.2) is 38.4 Å². The summed E-state index contributed by atoms with van der Waals surface area (Å²) in [6, 6.07) is 2.47. The lowest BCUT2D eigenvalue weighted by molar-refractivity contribution is 0.310. The van der Waals surface area contributed by atoms with E-state index in [1.165, 1.54) is 16.4 Å². The van der Waals surface area contributed by atoms with Gasteiger partial charge in [0, 0.05) is 25.7 Å². The van der Waals surface area contributed by atoms with E-state index in [0.29, 0.717) is 19.6 Å². The fraction of sp³-hybridized carbons (Fsp3) is 0.455. The molecule has 1 atom stereocenters. The van der Waals surface area contributed by atoms with Gasteiger partial charge in [-0.2, -0.15) is 4.31 Å². The molecule has 4 nitrogen and oxygen atoms in total. The van der Waals surface area contributed by atoms with Gasteiger partial charge in [0.05, 0.1) is 10.0 Å². The minimum absolute atomic E-state index is 0.0412. The third-order valence-corrected chi connectivity index (χ3v) is 5.63. The van der Waals surface area contributed by atoms with Crippen LogP contribution >= 0.6 is 23.2 Å². The Balaban J connectivity index is 2.42. The largest absolute Gasteiger partial charge is 0.312 e. The molecule has 2 rings (SSSR count). The van der Waals surface area contributed by atoms with Gasteiger partial charge in [0.15, 0.2) is 5.82 Å². The zero-order valence-corrected chi connectivity index (χ0v) is 12.5. The number of benzene rings is 1. The number of sulfonamides is 1. The Morgan fingerprint density at radius 2 is 2.11 bits per heavy atom. The van der Waals surface area contributed by atoms with Gasteiger partial charge in [0.25, 0.3) is 0 Å². The molecule has 0 saturated carbocycles. The van der Waals surface area contributed by atoms with Gasteiger partial charge in [-0.3, -0.25) is 0 Å². The van der Waals surface area contributed by atoms with Crippen LogP contribution in [0.5, 0.6) is 0 Å². The molecule has 1 N–H and O–H groups in total. The maximum absolute atomic E-state index is 13.6. The van der Waals surface area contributed by atoms with Crippen LogP contribution in [0.1, 0.15) is 6.92 Å². The first-order chi connectivity index (χ1) is 8.84. The Bertz CT molecular complexity index is 595. The Hall–Kier alpha value is -0.400. The molecule has 1 aliphatic rings. The molecule has 8 heteroatoms. The van der Waals surface area contributed by atoms with Crippen LogP contribution in [-0.2, 0) is 10.0 Å². The third-order valence-electron chi connectivity index (χ3n) is 2.95. The molecule has 0 radical (unpaired) electrons. The van der Waals surface area contributed by atoms with Crippen molar-refractivity contribution in [3.8, 4) is 0 Å². The van der Waals surface area contributed by atoms with Gasteiger partial charge in [-0.1, -0.05) is 23.2 Å². The summed E-state index contributed by atoms with van der Waals surface area (Å²) in [6.45, 7) is 3.08. The van der Waals surface area contributed by atoms with Crippen LogP contribution in [0.15, 0.2) is 17.0 Å². The second-order valence-electron chi connectivity index (χ2n) is 4.39. The van der Waals surface area contributed by atoms with E-state index in [1.54, 1.807) is 0 Å². The number of halogens is 3. The predicted molar refractivity (Wildman–Crippen MR) is 72.6 cm³/mol. The normalized spacial score (nSPS) is 21.6. The highest BCUT2D eigenvalue weighted by Gasteiger charge is 2.31. The molecule has 0 amide bonds. The molecule has 1 aromatic carbocycles. The van der Waals surface area contributed by atoms with Crippen molar-refractivity contribution in [1.82, 2.24) is 9.62 Å². The van der Waals surface area contributed by atoms with Gasteiger partial charge in [0.1, 0.15) is 4.90 Å². The van der Waals surface area contributed by atoms with Crippen molar-refractivity contribution in [3.05, 3.63) is 28.0 Å². The number of hydrogen-bond donors (Lipinski definition) is 1. The van der Waals surface area contributed by atoms with E-state index in [0.717, 1.165) is 0 Å². The lowest BCUT2D eigenvalue weighted by atomic mass is 10.3. The summed E-state index contributed by atoms with van der Waals surface area (Å²) in [5, 5.41) is 2.48. The minimum Gasteiger partial charge on any atom is -0.312 e. The second kappa shape index (κ2) is 5.54. The zero-order chi connectivity index (χ0) is 14.2. The molecular weight excluding hydrogens is 314 g/mol. The van der Waals surface area contributed by atoms with Crippen LogP contribution in [0.3, 0.4) is 0 Å². The maximum Gasteiger partial charge on any atom is 0.244 e. The fourth-order valence-corrected chi connectivity index (χ4v) is 4.21. The van der Waals surface area contributed by atoms with Crippen molar-refractivity contribution in [1.29, 1.82) is 0 Å². The molecule has 0 spiro atoms. The number of nitrogens with one attached hydrogen (secondary N) is 1. The van der Waals surface area contributed by atoms with Gasteiger partial charge < -0.3 is 5.32 Å². The molecule has 1 aromatic rings. The van der Waals surface area contributed by atoms with Crippen LogP contribution in [0.4, 0.5) is 4.39 Å². The third kappa shape index (κ3) is 2.87. The van der Waals surface area contributed by atoms with Crippen molar-refractivity contribution >= 4 is 33.2 Å². The Kier molecular flexibility index (Phi) is 4.37. The first kappa shape index (κ1) is 15.0. The lowest BCUT2D eigenvalue weighted by Gasteiger charge is -2.31. The Morgan fingerprint density at radius 1 is 1.42 bits per heavy atom. The fourth-order valence-electron chi connectivity index (χ4n) is 1.96. The average Bonchev–Trinajstić information content (AvgIpc) is 2.36. The quantitative estimate of drug-likeness (QED) is 0.847. The zero-order valence-electron chi connectivity index (χ0n) is 10.2. The van der Waals surface area contributed by atoms with Crippen molar-refractivity contribution in [2.75, 3.05) is 19.6 Å². The summed E-state index contributed by atoms with van der Waals surface area (Å²) in [7, 11) is -3.80. The molecule has 106 valence electrons. The molecule has 19 heavy (non-hydrogen) atoms. The van der Waals surface area contributed by atoms with E-state index in [1.807, 2.05) is 6.92 Å². The molecule has 1 saturated heterocycles. The van der Waals surface area contributed by atoms with E-state index in [-0.39, 0.29) is 16.0 Å². The Morgan fingerprint density at radius 3 is 2.74 bits per heavy atom. The summed E-state index contributed by atoms with van der Waals surface area (Å²) >= 11 is 11.3. The van der Waals surface area contributed by atoms with Gasteiger partial charge in [0.2, 0.25) is 10.0 Å². The van der Waals surface area contributed by atoms with E-state index in [9.17, 15) is 12.8 Å². The monoisotopic (exact) mass is 326 g/mol. The molecule has 0 aliphatic carbocycles. The summed E-state index contributed by atoms with van der Waals surface area (Å²) in [5.74, 6) is -0.910. The summed E-state index contributed by atoms with van der Waals surface area (Å²) in [6.07, 6.45) is 0. The molecular formula is C11H13Cl2FN2O2S. The van der Waals surface area contributed by atoms with Crippen LogP contribution in [0.2, 0.25) is 10.0 Å². The van der Waals surface area contributed by atoms with E-state index in [2.05, 4.69) is 5.32 Å². The summed E-state index contributed by atoms with van der Waals surface area (Å²) in [4.78, 5) is -0.245. The SMILES string of the molecule is C[C@H]1CN(S(=O)(=O)c2ccc(Cl)c(F)c2Cl)CCN1. The topological polar surface area (TPSA) is 49.4 Å². The number of nitrogens with zero attached hydrogens (tertiary/aromatic N) is 1. The van der Waals surface area contributed by atoms with E-state index >= 15 is 0 Å². The lowest BCUT2D eigenvalue weighted by Crippen LogP contribution is -2.51. The van der Waals surface area contributed by atoms with E-state index in [4.69, 9.17) is 23.2 Å². The van der Waals surface area contributed by atoms with Gasteiger partial charge in [-0.15, -0.1) is 0 Å². The summed E-state index contributed by atoms with van der Waals surface area (Å²) < 4.78 is 39.7. The highest BCUT2D eigenvalue weighted by atomic mass is 35.5. The molecule has 0 unspecified atom stereocenters. The minimum atomic E-state index is -3.80. The van der Waals surface area contributed by atoms with Crippen molar-refractivity contribution < 1.29 is 12.8 Å². The average molecular weight is 327 g/mol. The summed E-state index contributed by atoms with van der Waals surface area (Å²) in [5.41, 5.74) is 0. The standard InChI is InChI=1S/C11H13Cl2FN2O2S/c1-7-6-16(5-4-15-7)19(17,18)9-3-2-8(12)11(14)10(9)13/h2-3,7,15H,4-6H2,1H3/t7-/m0/s1. The first-order valence-electron chi connectivity index (χ1n) is 5.71. The van der Waals surface area contributed by atoms with Gasteiger partial charge in [-0.25, -0.2) is 12.8 Å². The molecule has 1 heterocycles. The molecule has 1 aliphatic heterocycles. The second-order valence-corrected chi connectivity index (χ2v) is 7.08. The van der Waals surface area contributed by atoms with Crippen molar-refractivity contribution in [2.45, 2.75) is 17.9 Å². The molecule has 0 aromatic heterocycles. The van der Waals surface area contributed by atoms with Crippen molar-refractivity contribution in [3.63, 3.8) is 0 Å². The molecule has 1 fully saturated rings. The van der Waals surface area contributed by atoms with E-state index < -0.39 is 20.9 Å². The number of hydrogen-bond acceptors (Lipinski definition) is 3. The first-order valence-corrected chi connectivity index (χ1v) is 7.90. The van der Waals surface area contributed by atoms with Crippen LogP contribution in [0.25, 0.3) is 0 Å². The highest BCUT2D eigenvalue weighted by molar-refractivity contribution is 7.89. The highest BCUT2D eigenvalue weighted by Crippen LogP contribution is 2.31. The van der Waals surface area contributed by atoms with Crippen LogP contribution in [0, 0.1) is 5.82 Å². The number of piperazine rings is 1. The van der Waals surface area contributed by atoms with Gasteiger partial charge in [-0.05, 0) is 19.1 Å². The predicted octanol–water partition coefficient (Wildman–Crippen LogP) is 2.11. The maximum atomic E-state index is 13.6.